The van der Waals surface area contributed by atoms with Gasteiger partial charge < -0.3 is 4.90 Å². The summed E-state index contributed by atoms with van der Waals surface area (Å²) in [5.74, 6) is -3.48. The third kappa shape index (κ3) is 4.10. The molecular weight excluding hydrogens is 528 g/mol. The Hall–Kier alpha value is -4.62. The maximum atomic E-state index is 13.9. The van der Waals surface area contributed by atoms with E-state index in [0.29, 0.717) is 33.0 Å². The minimum atomic E-state index is -0.972. The summed E-state index contributed by atoms with van der Waals surface area (Å²) in [5.41, 5.74) is 2.03. The van der Waals surface area contributed by atoms with Crippen molar-refractivity contribution in [1.29, 1.82) is 0 Å². The molecule has 3 heterocycles. The second-order valence-corrected chi connectivity index (χ2v) is 10.5. The molecule has 0 saturated carbocycles. The Bertz CT molecular complexity index is 1630. The van der Waals surface area contributed by atoms with Gasteiger partial charge in [-0.05, 0) is 61.5 Å². The zero-order chi connectivity index (χ0) is 28.1. The lowest BCUT2D eigenvalue weighted by atomic mass is 9.85. The molecule has 3 aliphatic rings. The maximum Gasteiger partial charge on any atom is 0.240 e. The number of allylic oxidation sites excluding steroid dienone is 2. The molecule has 0 aromatic heterocycles. The van der Waals surface area contributed by atoms with Crippen LogP contribution >= 0.6 is 11.6 Å². The third-order valence-corrected chi connectivity index (χ3v) is 8.03. The first kappa shape index (κ1) is 25.6. The van der Waals surface area contributed by atoms with Gasteiger partial charge in [0.15, 0.2) is 17.3 Å². The number of imide groups is 1. The van der Waals surface area contributed by atoms with Crippen molar-refractivity contribution in [2.75, 3.05) is 4.90 Å². The quantitative estimate of drug-likeness (QED) is 0.319. The van der Waals surface area contributed by atoms with Crippen LogP contribution < -0.4 is 4.90 Å². The molecule has 0 bridgehead atoms. The van der Waals surface area contributed by atoms with E-state index >= 15 is 0 Å². The summed E-state index contributed by atoms with van der Waals surface area (Å²) in [6.07, 6.45) is 4.96. The molecule has 198 valence electrons. The summed E-state index contributed by atoms with van der Waals surface area (Å²) in [6, 6.07) is 19.8. The highest BCUT2D eigenvalue weighted by atomic mass is 35.5. The average Bonchev–Trinajstić information content (AvgIpc) is 3.44. The molecule has 2 amide bonds. The van der Waals surface area contributed by atoms with E-state index in [-0.39, 0.29) is 17.3 Å². The van der Waals surface area contributed by atoms with Crippen molar-refractivity contribution in [3.8, 4) is 0 Å². The molecule has 7 nitrogen and oxygen atoms in total. The van der Waals surface area contributed by atoms with Gasteiger partial charge in [0.1, 0.15) is 6.04 Å². The van der Waals surface area contributed by atoms with Crippen LogP contribution in [0.3, 0.4) is 0 Å². The SMILES string of the molecule is CC(=O)c1ccc(N2C(=O)[C@@H]3[C@H](C2=O)[C@H](C(=O)c2ccc(Cl)cc2)N2C=CC(C(=O)c4ccccc4)=C[C@H]32)cc1. The van der Waals surface area contributed by atoms with Gasteiger partial charge in [-0.1, -0.05) is 48.0 Å². The number of benzene rings is 3. The van der Waals surface area contributed by atoms with E-state index in [2.05, 4.69) is 0 Å². The fraction of sp³-hybridized carbons (Fsp3) is 0.156. The molecule has 2 fully saturated rings. The van der Waals surface area contributed by atoms with Gasteiger partial charge >= 0.3 is 0 Å². The molecule has 0 unspecified atom stereocenters. The second kappa shape index (κ2) is 9.84. The van der Waals surface area contributed by atoms with Crippen LogP contribution in [0.2, 0.25) is 5.02 Å². The van der Waals surface area contributed by atoms with Crippen molar-refractivity contribution in [1.82, 2.24) is 4.90 Å². The highest BCUT2D eigenvalue weighted by molar-refractivity contribution is 6.30. The molecular formula is C32H23ClN2O5. The number of halogens is 1. The molecule has 6 rings (SSSR count). The molecule has 3 aromatic carbocycles. The van der Waals surface area contributed by atoms with Gasteiger partial charge in [-0.25, -0.2) is 4.90 Å². The molecule has 40 heavy (non-hydrogen) atoms. The number of hydrogen-bond acceptors (Lipinski definition) is 6. The van der Waals surface area contributed by atoms with Crippen molar-refractivity contribution in [3.05, 3.63) is 125 Å². The monoisotopic (exact) mass is 550 g/mol. The lowest BCUT2D eigenvalue weighted by Crippen LogP contribution is -2.46. The number of carbonyl (C=O) groups excluding carboxylic acids is 5. The van der Waals surface area contributed by atoms with E-state index in [9.17, 15) is 24.0 Å². The summed E-state index contributed by atoms with van der Waals surface area (Å²) in [6.45, 7) is 1.43. The van der Waals surface area contributed by atoms with Crippen LogP contribution in [0, 0.1) is 11.8 Å². The van der Waals surface area contributed by atoms with Crippen LogP contribution in [0.15, 0.2) is 103 Å². The summed E-state index contributed by atoms with van der Waals surface area (Å²) < 4.78 is 0. The van der Waals surface area contributed by atoms with Crippen LogP contribution in [0.5, 0.6) is 0 Å². The smallest absolute Gasteiger partial charge is 0.240 e. The van der Waals surface area contributed by atoms with E-state index in [1.165, 1.54) is 6.92 Å². The Kier molecular flexibility index (Phi) is 6.31. The van der Waals surface area contributed by atoms with Crippen LogP contribution in [0.4, 0.5) is 5.69 Å². The molecule has 2 saturated heterocycles. The largest absolute Gasteiger partial charge is 0.359 e. The number of carbonyl (C=O) groups is 5. The highest BCUT2D eigenvalue weighted by Gasteiger charge is 2.63. The van der Waals surface area contributed by atoms with Crippen LogP contribution in [-0.2, 0) is 9.59 Å². The topological polar surface area (TPSA) is 91.8 Å². The Morgan fingerprint density at radius 1 is 0.750 bits per heavy atom. The first-order chi connectivity index (χ1) is 19.3. The van der Waals surface area contributed by atoms with Crippen LogP contribution in [0.1, 0.15) is 38.0 Å². The van der Waals surface area contributed by atoms with Gasteiger partial charge in [0, 0.05) is 33.5 Å². The predicted octanol–water partition coefficient (Wildman–Crippen LogP) is 4.92. The average molecular weight is 551 g/mol. The summed E-state index contributed by atoms with van der Waals surface area (Å²) in [4.78, 5) is 69.5. The lowest BCUT2D eigenvalue weighted by Gasteiger charge is -2.32. The molecule has 4 atom stereocenters. The van der Waals surface area contributed by atoms with Crippen molar-refractivity contribution in [2.24, 2.45) is 11.8 Å². The Morgan fingerprint density at radius 2 is 1.38 bits per heavy atom. The number of hydrogen-bond donors (Lipinski definition) is 0. The van der Waals surface area contributed by atoms with Gasteiger partial charge in [0.05, 0.1) is 23.6 Å². The Labute approximate surface area is 235 Å². The molecule has 0 spiro atoms. The number of nitrogens with zero attached hydrogens (tertiary/aromatic N) is 2. The minimum absolute atomic E-state index is 0.137. The van der Waals surface area contributed by atoms with E-state index in [4.69, 9.17) is 11.6 Å². The predicted molar refractivity (Wildman–Crippen MR) is 149 cm³/mol. The highest BCUT2D eigenvalue weighted by Crippen LogP contribution is 2.47. The molecule has 0 N–H and O–H groups in total. The lowest BCUT2D eigenvalue weighted by molar-refractivity contribution is -0.123. The summed E-state index contributed by atoms with van der Waals surface area (Å²) >= 11 is 6.03. The standard InChI is InChI=1S/C32H23ClN2O5/c1-18(36)19-9-13-24(14-10-19)35-31(39)26-25-17-22(29(37)20-5-3-2-4-6-20)15-16-34(25)28(27(26)32(35)40)30(38)21-7-11-23(33)12-8-21/h2-17,25-28H,1H3/t25-,26+,27+,28-/m1/s1. The number of rotatable bonds is 6. The zero-order valence-electron chi connectivity index (χ0n) is 21.4. The number of ketones is 3. The van der Waals surface area contributed by atoms with Crippen LogP contribution in [-0.4, -0.2) is 46.1 Å². The van der Waals surface area contributed by atoms with Gasteiger partial charge in [-0.15, -0.1) is 0 Å². The van der Waals surface area contributed by atoms with Gasteiger partial charge in [-0.2, -0.15) is 0 Å². The Morgan fingerprint density at radius 3 is 2.02 bits per heavy atom. The maximum absolute atomic E-state index is 13.9. The van der Waals surface area contributed by atoms with Crippen LogP contribution in [0.25, 0.3) is 0 Å². The fourth-order valence-electron chi connectivity index (χ4n) is 5.84. The Balaban J connectivity index is 1.42. The van der Waals surface area contributed by atoms with Gasteiger partial charge in [-0.3, -0.25) is 24.0 Å². The van der Waals surface area contributed by atoms with E-state index < -0.39 is 35.7 Å². The normalized spacial score (nSPS) is 23.1. The number of Topliss-reactive ketones (excluding diaryl/α,β-unsaturated/α-hetero) is 3. The molecule has 8 heteroatoms. The van der Waals surface area contributed by atoms with E-state index in [0.717, 1.165) is 4.90 Å². The number of amides is 2. The van der Waals surface area contributed by atoms with E-state index in [1.807, 2.05) is 6.07 Å². The van der Waals surface area contributed by atoms with Gasteiger partial charge in [0.25, 0.3) is 0 Å². The number of fused-ring (bicyclic) bond motifs is 3. The summed E-state index contributed by atoms with van der Waals surface area (Å²) in [5, 5.41) is 0.468. The second-order valence-electron chi connectivity index (χ2n) is 10.1. The molecule has 3 aliphatic heterocycles. The molecule has 3 aromatic rings. The first-order valence-corrected chi connectivity index (χ1v) is 13.2. The first-order valence-electron chi connectivity index (χ1n) is 12.8. The van der Waals surface area contributed by atoms with Crippen molar-refractivity contribution >= 4 is 46.5 Å². The third-order valence-electron chi connectivity index (χ3n) is 7.78. The number of anilines is 1. The molecule has 0 aliphatic carbocycles. The van der Waals surface area contributed by atoms with Crippen molar-refractivity contribution in [3.63, 3.8) is 0 Å². The van der Waals surface area contributed by atoms with Crippen molar-refractivity contribution in [2.45, 2.75) is 19.0 Å². The minimum Gasteiger partial charge on any atom is -0.359 e. The summed E-state index contributed by atoms with van der Waals surface area (Å²) in [7, 11) is 0. The molecule has 0 radical (unpaired) electrons. The van der Waals surface area contributed by atoms with Gasteiger partial charge in [0.2, 0.25) is 11.8 Å². The van der Waals surface area contributed by atoms with E-state index in [1.54, 1.807) is 96.0 Å². The fourth-order valence-corrected chi connectivity index (χ4v) is 5.96. The van der Waals surface area contributed by atoms with Crippen molar-refractivity contribution < 1.29 is 24.0 Å². The zero-order valence-corrected chi connectivity index (χ0v) is 22.1.